The van der Waals surface area contributed by atoms with E-state index in [1.807, 2.05) is 42.1 Å². The molecule has 1 aromatic carbocycles. The van der Waals surface area contributed by atoms with Gasteiger partial charge in [0, 0.05) is 48.3 Å². The fourth-order valence-corrected chi connectivity index (χ4v) is 6.28. The van der Waals surface area contributed by atoms with Crippen LogP contribution >= 0.6 is 0 Å². The van der Waals surface area contributed by atoms with Crippen LogP contribution in [-0.4, -0.2) is 45.3 Å². The molecule has 8 heteroatoms. The van der Waals surface area contributed by atoms with Crippen molar-refractivity contribution < 1.29 is 4.74 Å². The lowest BCUT2D eigenvalue weighted by molar-refractivity contribution is 0.413. The zero-order valence-corrected chi connectivity index (χ0v) is 19.7. The van der Waals surface area contributed by atoms with Gasteiger partial charge in [0.15, 0.2) is 0 Å². The predicted molar refractivity (Wildman–Crippen MR) is 131 cm³/mol. The van der Waals surface area contributed by atoms with Crippen LogP contribution in [0, 0.1) is 18.8 Å². The van der Waals surface area contributed by atoms with Crippen molar-refractivity contribution in [2.45, 2.75) is 57.2 Å². The lowest BCUT2D eigenvalue weighted by atomic mass is 9.98. The summed E-state index contributed by atoms with van der Waals surface area (Å²) in [7, 11) is 1.69. The molecule has 2 aromatic heterocycles. The Bertz CT molecular complexity index is 1240. The summed E-state index contributed by atoms with van der Waals surface area (Å²) in [5.74, 6) is 4.20. The summed E-state index contributed by atoms with van der Waals surface area (Å²) in [6, 6.07) is 7.73. The van der Waals surface area contributed by atoms with E-state index in [0.29, 0.717) is 24.1 Å². The topological polar surface area (TPSA) is 90.0 Å². The van der Waals surface area contributed by atoms with Gasteiger partial charge in [-0.25, -0.2) is 9.97 Å². The van der Waals surface area contributed by atoms with Crippen LogP contribution in [0.3, 0.4) is 0 Å². The molecule has 0 bridgehead atoms. The number of anilines is 3. The van der Waals surface area contributed by atoms with Gasteiger partial charge in [0.05, 0.1) is 30.9 Å². The molecule has 34 heavy (non-hydrogen) atoms. The first-order chi connectivity index (χ1) is 16.7. The molecule has 0 amide bonds. The van der Waals surface area contributed by atoms with Crippen LogP contribution in [-0.2, 0) is 0 Å². The maximum atomic E-state index is 5.68. The molecule has 0 radical (unpaired) electrons. The Kier molecular flexibility index (Phi) is 4.59. The molecule has 3 aromatic rings. The summed E-state index contributed by atoms with van der Waals surface area (Å²) in [5.41, 5.74) is 4.09. The highest BCUT2D eigenvalue weighted by molar-refractivity contribution is 5.64. The van der Waals surface area contributed by atoms with E-state index in [0.717, 1.165) is 47.0 Å². The summed E-state index contributed by atoms with van der Waals surface area (Å²) in [4.78, 5) is 16.8. The molecule has 7 rings (SSSR count). The normalized spacial score (nSPS) is 28.9. The van der Waals surface area contributed by atoms with Gasteiger partial charge in [-0.3, -0.25) is 0 Å². The first-order valence-corrected chi connectivity index (χ1v) is 12.6. The van der Waals surface area contributed by atoms with Crippen molar-refractivity contribution in [2.75, 3.05) is 23.9 Å². The number of imidazole rings is 1. The van der Waals surface area contributed by atoms with E-state index >= 15 is 0 Å². The zero-order chi connectivity index (χ0) is 22.8. The number of aryl methyl sites for hydroxylation is 1. The number of aromatic nitrogens is 4. The third kappa shape index (κ3) is 3.35. The average Bonchev–Trinajstić information content (AvgIpc) is 3.74. The highest BCUT2D eigenvalue weighted by atomic mass is 16.5. The lowest BCUT2D eigenvalue weighted by Gasteiger charge is -2.34. The molecular formula is C26H31N7O. The quantitative estimate of drug-likeness (QED) is 0.569. The maximum Gasteiger partial charge on any atom is 0.229 e. The van der Waals surface area contributed by atoms with Gasteiger partial charge < -0.3 is 24.8 Å². The van der Waals surface area contributed by atoms with Crippen molar-refractivity contribution in [3.05, 3.63) is 48.2 Å². The van der Waals surface area contributed by atoms with Crippen LogP contribution in [0.4, 0.5) is 17.5 Å². The number of methoxy groups -OCH3 is 1. The Labute approximate surface area is 199 Å². The van der Waals surface area contributed by atoms with Crippen LogP contribution in [0.2, 0.25) is 0 Å². The van der Waals surface area contributed by atoms with E-state index in [-0.39, 0.29) is 0 Å². The number of benzene rings is 1. The van der Waals surface area contributed by atoms with Crippen molar-refractivity contribution in [1.29, 1.82) is 0 Å². The second kappa shape index (κ2) is 7.70. The molecule has 1 aliphatic carbocycles. The first-order valence-electron chi connectivity index (χ1n) is 12.6. The van der Waals surface area contributed by atoms with Crippen LogP contribution in [0.25, 0.3) is 5.69 Å². The molecule has 4 aliphatic rings. The standard InChI is InChI=1S/C26H31N7O/c1-15-13-32(14-28-15)21-8-7-16(10-22(21)34-2)29-26-27-12-19-24-23(30-24)18-11-17(18)20-6-4-3-5-9-33(20)25(19)31-26/h7-8,10,12-14,17-18,20,23-24,30H,3-6,9,11H2,1-2H3,(H,27,29,31). The SMILES string of the molecule is COc1cc(Nc2ncc3c(n2)N2CCCCCC2C2CC2C2NC32)ccc1-n1cnc(C)c1. The van der Waals surface area contributed by atoms with E-state index in [1.54, 1.807) is 13.4 Å². The Morgan fingerprint density at radius 1 is 1.15 bits per heavy atom. The molecule has 2 N–H and O–H groups in total. The van der Waals surface area contributed by atoms with Crippen LogP contribution in [0.5, 0.6) is 5.75 Å². The zero-order valence-electron chi connectivity index (χ0n) is 19.7. The van der Waals surface area contributed by atoms with Gasteiger partial charge in [-0.2, -0.15) is 4.98 Å². The fraction of sp³-hybridized carbons (Fsp3) is 0.500. The van der Waals surface area contributed by atoms with Gasteiger partial charge in [-0.15, -0.1) is 0 Å². The minimum atomic E-state index is 0.418. The van der Waals surface area contributed by atoms with Gasteiger partial charge in [0.1, 0.15) is 11.6 Å². The van der Waals surface area contributed by atoms with Gasteiger partial charge >= 0.3 is 0 Å². The van der Waals surface area contributed by atoms with Gasteiger partial charge in [-0.1, -0.05) is 12.8 Å². The summed E-state index contributed by atoms with van der Waals surface area (Å²) < 4.78 is 7.66. The minimum absolute atomic E-state index is 0.418. The number of nitrogens with one attached hydrogen (secondary N) is 2. The van der Waals surface area contributed by atoms with Crippen LogP contribution in [0.15, 0.2) is 36.9 Å². The number of hydrogen-bond acceptors (Lipinski definition) is 7. The van der Waals surface area contributed by atoms with Crippen molar-refractivity contribution in [3.8, 4) is 11.4 Å². The number of rotatable bonds is 4. The molecule has 2 saturated heterocycles. The average molecular weight is 458 g/mol. The molecule has 5 heterocycles. The summed E-state index contributed by atoms with van der Waals surface area (Å²) in [5, 5.41) is 7.18. The highest BCUT2D eigenvalue weighted by Gasteiger charge is 2.59. The number of fused-ring (bicyclic) bond motifs is 8. The third-order valence-corrected chi connectivity index (χ3v) is 8.10. The number of nitrogens with zero attached hydrogens (tertiary/aromatic N) is 5. The summed E-state index contributed by atoms with van der Waals surface area (Å²) in [6.07, 6.45) is 12.4. The number of ether oxygens (including phenoxy) is 1. The van der Waals surface area contributed by atoms with Crippen molar-refractivity contribution in [2.24, 2.45) is 11.8 Å². The van der Waals surface area contributed by atoms with E-state index in [4.69, 9.17) is 14.7 Å². The first kappa shape index (κ1) is 20.3. The highest BCUT2D eigenvalue weighted by Crippen LogP contribution is 2.57. The van der Waals surface area contributed by atoms with Crippen LogP contribution in [0.1, 0.15) is 49.4 Å². The smallest absolute Gasteiger partial charge is 0.229 e. The Morgan fingerprint density at radius 3 is 2.94 bits per heavy atom. The molecule has 5 unspecified atom stereocenters. The van der Waals surface area contributed by atoms with E-state index in [1.165, 1.54) is 37.7 Å². The van der Waals surface area contributed by atoms with E-state index in [9.17, 15) is 0 Å². The lowest BCUT2D eigenvalue weighted by Crippen LogP contribution is -2.39. The minimum Gasteiger partial charge on any atom is -0.494 e. The third-order valence-electron chi connectivity index (χ3n) is 8.10. The second-order valence-electron chi connectivity index (χ2n) is 10.3. The second-order valence-corrected chi connectivity index (χ2v) is 10.3. The largest absolute Gasteiger partial charge is 0.494 e. The van der Waals surface area contributed by atoms with Gasteiger partial charge in [0.25, 0.3) is 0 Å². The molecule has 3 aliphatic heterocycles. The predicted octanol–water partition coefficient (Wildman–Crippen LogP) is 4.13. The molecule has 0 spiro atoms. The molecule has 176 valence electrons. The van der Waals surface area contributed by atoms with E-state index in [2.05, 4.69) is 20.5 Å². The van der Waals surface area contributed by atoms with Crippen molar-refractivity contribution in [3.63, 3.8) is 0 Å². The Hall–Kier alpha value is -3.13. The van der Waals surface area contributed by atoms with Crippen molar-refractivity contribution in [1.82, 2.24) is 24.8 Å². The monoisotopic (exact) mass is 457 g/mol. The van der Waals surface area contributed by atoms with Crippen LogP contribution < -0.4 is 20.3 Å². The van der Waals surface area contributed by atoms with E-state index < -0.39 is 0 Å². The summed E-state index contributed by atoms with van der Waals surface area (Å²) >= 11 is 0. The molecule has 3 fully saturated rings. The molecule has 1 saturated carbocycles. The fourth-order valence-electron chi connectivity index (χ4n) is 6.28. The Morgan fingerprint density at radius 2 is 2.09 bits per heavy atom. The molecular weight excluding hydrogens is 426 g/mol. The van der Waals surface area contributed by atoms with Crippen molar-refractivity contribution >= 4 is 17.5 Å². The Balaban J connectivity index is 1.22. The number of hydrogen-bond donors (Lipinski definition) is 2. The molecule has 5 atom stereocenters. The molecule has 8 nitrogen and oxygen atoms in total. The van der Waals surface area contributed by atoms with Gasteiger partial charge in [0.2, 0.25) is 5.95 Å². The van der Waals surface area contributed by atoms with Gasteiger partial charge in [-0.05, 0) is 50.2 Å². The summed E-state index contributed by atoms with van der Waals surface area (Å²) in [6.45, 7) is 3.08. The maximum absolute atomic E-state index is 5.68.